The van der Waals surface area contributed by atoms with Gasteiger partial charge >= 0.3 is 0 Å². The van der Waals surface area contributed by atoms with Crippen molar-refractivity contribution < 1.29 is 9.13 Å². The van der Waals surface area contributed by atoms with E-state index in [2.05, 4.69) is 26.1 Å². The highest BCUT2D eigenvalue weighted by Gasteiger charge is 2.01. The molecule has 5 heteroatoms. The first-order valence-electron chi connectivity index (χ1n) is 5.96. The first kappa shape index (κ1) is 15.6. The van der Waals surface area contributed by atoms with Gasteiger partial charge in [0.2, 0.25) is 0 Å². The molecule has 0 radical (unpaired) electrons. The van der Waals surface area contributed by atoms with Crippen molar-refractivity contribution in [1.29, 1.82) is 0 Å². The molecular formula is C13H20BrFN2O. The first-order chi connectivity index (χ1) is 8.59. The number of halogens is 2. The molecule has 1 aromatic carbocycles. The Morgan fingerprint density at radius 2 is 2.11 bits per heavy atom. The maximum Gasteiger partial charge on any atom is 0.127 e. The van der Waals surface area contributed by atoms with Crippen molar-refractivity contribution in [3.63, 3.8) is 0 Å². The van der Waals surface area contributed by atoms with Crippen LogP contribution < -0.4 is 5.32 Å². The summed E-state index contributed by atoms with van der Waals surface area (Å²) in [6.45, 7) is 3.52. The molecule has 0 saturated carbocycles. The third kappa shape index (κ3) is 6.44. The molecule has 18 heavy (non-hydrogen) atoms. The van der Waals surface area contributed by atoms with E-state index in [1.54, 1.807) is 12.1 Å². The van der Waals surface area contributed by atoms with Gasteiger partial charge < -0.3 is 15.0 Å². The van der Waals surface area contributed by atoms with E-state index in [1.807, 2.05) is 14.1 Å². The van der Waals surface area contributed by atoms with Gasteiger partial charge in [0.1, 0.15) is 5.82 Å². The van der Waals surface area contributed by atoms with Gasteiger partial charge in [-0.3, -0.25) is 0 Å². The van der Waals surface area contributed by atoms with Crippen LogP contribution in [-0.4, -0.2) is 45.3 Å². The zero-order chi connectivity index (χ0) is 13.4. The van der Waals surface area contributed by atoms with Gasteiger partial charge in [-0.25, -0.2) is 4.39 Å². The molecule has 0 unspecified atom stereocenters. The molecule has 1 N–H and O–H groups in total. The molecule has 0 aliphatic carbocycles. The average Bonchev–Trinajstić information content (AvgIpc) is 2.32. The van der Waals surface area contributed by atoms with E-state index in [9.17, 15) is 4.39 Å². The molecule has 0 atom stereocenters. The molecule has 0 saturated heterocycles. The molecule has 1 aromatic rings. The number of ether oxygens (including phenoxy) is 1. The Hall–Kier alpha value is -0.490. The maximum absolute atomic E-state index is 13.4. The zero-order valence-electron chi connectivity index (χ0n) is 10.9. The van der Waals surface area contributed by atoms with Crippen molar-refractivity contribution in [3.8, 4) is 0 Å². The van der Waals surface area contributed by atoms with Crippen LogP contribution in [0.5, 0.6) is 0 Å². The van der Waals surface area contributed by atoms with Crippen LogP contribution in [0, 0.1) is 5.82 Å². The van der Waals surface area contributed by atoms with Gasteiger partial charge in [0.25, 0.3) is 0 Å². The highest BCUT2D eigenvalue weighted by molar-refractivity contribution is 9.10. The van der Waals surface area contributed by atoms with Gasteiger partial charge in [-0.1, -0.05) is 15.9 Å². The molecular weight excluding hydrogens is 299 g/mol. The highest BCUT2D eigenvalue weighted by Crippen LogP contribution is 2.15. The van der Waals surface area contributed by atoms with Crippen LogP contribution in [0.25, 0.3) is 0 Å². The van der Waals surface area contributed by atoms with Gasteiger partial charge in [0.15, 0.2) is 0 Å². The second kappa shape index (κ2) is 8.58. The van der Waals surface area contributed by atoms with Crippen LogP contribution in [0.4, 0.5) is 4.39 Å². The molecule has 0 fully saturated rings. The predicted octanol–water partition coefficient (Wildman–Crippen LogP) is 2.26. The lowest BCUT2D eigenvalue weighted by Gasteiger charge is -2.10. The zero-order valence-corrected chi connectivity index (χ0v) is 12.5. The molecule has 1 rings (SSSR count). The second-order valence-corrected chi connectivity index (χ2v) is 5.24. The van der Waals surface area contributed by atoms with E-state index in [0.29, 0.717) is 18.7 Å². The van der Waals surface area contributed by atoms with Crippen LogP contribution in [0.15, 0.2) is 22.7 Å². The molecule has 0 bridgehead atoms. The van der Waals surface area contributed by atoms with Crippen LogP contribution in [0.3, 0.4) is 0 Å². The Bertz CT molecular complexity index is 361. The number of rotatable bonds is 8. The topological polar surface area (TPSA) is 24.5 Å². The number of likely N-dealkylation sites (N-methyl/N-ethyl adjacent to an activating group) is 1. The molecule has 0 aliphatic rings. The summed E-state index contributed by atoms with van der Waals surface area (Å²) in [7, 11) is 4.02. The summed E-state index contributed by atoms with van der Waals surface area (Å²) >= 11 is 3.33. The summed E-state index contributed by atoms with van der Waals surface area (Å²) < 4.78 is 19.7. The first-order valence-corrected chi connectivity index (χ1v) is 6.76. The van der Waals surface area contributed by atoms with Crippen LogP contribution in [0.1, 0.15) is 5.56 Å². The van der Waals surface area contributed by atoms with Crippen molar-refractivity contribution in [2.24, 2.45) is 0 Å². The highest BCUT2D eigenvalue weighted by atomic mass is 79.9. The van der Waals surface area contributed by atoms with Gasteiger partial charge in [-0.2, -0.15) is 0 Å². The fourth-order valence-corrected chi connectivity index (χ4v) is 1.80. The minimum Gasteiger partial charge on any atom is -0.379 e. The lowest BCUT2D eigenvalue weighted by atomic mass is 10.2. The molecule has 0 aliphatic heterocycles. The minimum absolute atomic E-state index is 0.181. The van der Waals surface area contributed by atoms with Gasteiger partial charge in [-0.05, 0) is 32.3 Å². The van der Waals surface area contributed by atoms with E-state index < -0.39 is 0 Å². The lowest BCUT2D eigenvalue weighted by molar-refractivity contribution is 0.119. The SMILES string of the molecule is CN(C)CCOCCNCc1cc(Br)ccc1F. The summed E-state index contributed by atoms with van der Waals surface area (Å²) in [5.74, 6) is -0.181. The van der Waals surface area contributed by atoms with Crippen molar-refractivity contribution in [2.75, 3.05) is 40.4 Å². The van der Waals surface area contributed by atoms with E-state index in [4.69, 9.17) is 4.74 Å². The molecule has 0 amide bonds. The lowest BCUT2D eigenvalue weighted by Crippen LogP contribution is -2.23. The monoisotopic (exact) mass is 318 g/mol. The fourth-order valence-electron chi connectivity index (χ4n) is 1.40. The van der Waals surface area contributed by atoms with Crippen molar-refractivity contribution in [2.45, 2.75) is 6.54 Å². The Labute approximate surface area is 116 Å². The average molecular weight is 319 g/mol. The van der Waals surface area contributed by atoms with E-state index in [-0.39, 0.29) is 5.82 Å². The Morgan fingerprint density at radius 1 is 1.33 bits per heavy atom. The third-order valence-corrected chi connectivity index (χ3v) is 2.92. The van der Waals surface area contributed by atoms with Gasteiger partial charge in [-0.15, -0.1) is 0 Å². The number of hydrogen-bond donors (Lipinski definition) is 1. The summed E-state index contributed by atoms with van der Waals surface area (Å²) in [5.41, 5.74) is 0.665. The van der Waals surface area contributed by atoms with E-state index >= 15 is 0 Å². The Balaban J connectivity index is 2.12. The van der Waals surface area contributed by atoms with Crippen LogP contribution >= 0.6 is 15.9 Å². The molecule has 3 nitrogen and oxygen atoms in total. The minimum atomic E-state index is -0.181. The van der Waals surface area contributed by atoms with Crippen LogP contribution in [-0.2, 0) is 11.3 Å². The quantitative estimate of drug-likeness (QED) is 0.744. The fraction of sp³-hybridized carbons (Fsp3) is 0.538. The Morgan fingerprint density at radius 3 is 2.83 bits per heavy atom. The number of nitrogens with zero attached hydrogens (tertiary/aromatic N) is 1. The Kier molecular flexibility index (Phi) is 7.42. The van der Waals surface area contributed by atoms with Gasteiger partial charge in [0, 0.05) is 29.7 Å². The van der Waals surface area contributed by atoms with Gasteiger partial charge in [0.05, 0.1) is 13.2 Å². The smallest absolute Gasteiger partial charge is 0.127 e. The molecule has 102 valence electrons. The summed E-state index contributed by atoms with van der Waals surface area (Å²) in [6, 6.07) is 4.95. The number of hydrogen-bond acceptors (Lipinski definition) is 3. The summed E-state index contributed by atoms with van der Waals surface area (Å²) in [5, 5.41) is 3.16. The number of nitrogens with one attached hydrogen (secondary N) is 1. The molecule has 0 aromatic heterocycles. The summed E-state index contributed by atoms with van der Waals surface area (Å²) in [6.07, 6.45) is 0. The van der Waals surface area contributed by atoms with Crippen LogP contribution in [0.2, 0.25) is 0 Å². The second-order valence-electron chi connectivity index (χ2n) is 4.33. The number of benzene rings is 1. The normalized spacial score (nSPS) is 11.2. The standard InChI is InChI=1S/C13H20BrFN2O/c1-17(2)6-8-18-7-5-16-10-11-9-12(14)3-4-13(11)15/h3-4,9,16H,5-8,10H2,1-2H3. The molecule has 0 heterocycles. The van der Waals surface area contributed by atoms with Crippen molar-refractivity contribution in [3.05, 3.63) is 34.1 Å². The maximum atomic E-state index is 13.4. The van der Waals surface area contributed by atoms with E-state index in [0.717, 1.165) is 24.2 Å². The van der Waals surface area contributed by atoms with Crippen molar-refractivity contribution in [1.82, 2.24) is 10.2 Å². The van der Waals surface area contributed by atoms with E-state index in [1.165, 1.54) is 6.07 Å². The van der Waals surface area contributed by atoms with Crippen molar-refractivity contribution >= 4 is 15.9 Å². The summed E-state index contributed by atoms with van der Waals surface area (Å²) in [4.78, 5) is 2.07. The largest absolute Gasteiger partial charge is 0.379 e. The predicted molar refractivity (Wildman–Crippen MR) is 75.2 cm³/mol. The molecule has 0 spiro atoms. The third-order valence-electron chi connectivity index (χ3n) is 2.43.